The van der Waals surface area contributed by atoms with Crippen LogP contribution in [0.25, 0.3) is 0 Å². The first-order valence-corrected chi connectivity index (χ1v) is 7.87. The highest BCUT2D eigenvalue weighted by molar-refractivity contribution is 6.33. The molecule has 0 aliphatic heterocycles. The second kappa shape index (κ2) is 7.66. The van der Waals surface area contributed by atoms with Gasteiger partial charge in [0.15, 0.2) is 0 Å². The predicted octanol–water partition coefficient (Wildman–Crippen LogP) is 3.13. The van der Waals surface area contributed by atoms with E-state index in [1.807, 2.05) is 13.8 Å². The van der Waals surface area contributed by atoms with Crippen molar-refractivity contribution >= 4 is 28.9 Å². The van der Waals surface area contributed by atoms with Crippen molar-refractivity contribution in [3.8, 4) is 5.88 Å². The molecule has 23 heavy (non-hydrogen) atoms. The maximum atomic E-state index is 11.7. The average molecular weight is 357 g/mol. The number of hydrogen-bond acceptors (Lipinski definition) is 5. The Morgan fingerprint density at radius 2 is 2.09 bits per heavy atom. The minimum atomic E-state index is -0.356. The van der Waals surface area contributed by atoms with E-state index >= 15 is 0 Å². The molecule has 0 bridgehead atoms. The van der Waals surface area contributed by atoms with Crippen LogP contribution in [0.2, 0.25) is 10.0 Å². The number of aryl methyl sites for hydroxylation is 1. The minimum Gasteiger partial charge on any atom is -0.476 e. The lowest BCUT2D eigenvalue weighted by Crippen LogP contribution is -2.21. The smallest absolute Gasteiger partial charge is 0.287 e. The highest BCUT2D eigenvalue weighted by Gasteiger charge is 2.09. The maximum Gasteiger partial charge on any atom is 0.287 e. The Balaban J connectivity index is 2.05. The SMILES string of the molecule is CC(C)COc1ncc(CNc2cnn(C)c(=O)c2Cl)cc1Cl. The predicted molar refractivity (Wildman–Crippen MR) is 91.4 cm³/mol. The first-order chi connectivity index (χ1) is 10.9. The van der Waals surface area contributed by atoms with Crippen molar-refractivity contribution in [2.24, 2.45) is 13.0 Å². The van der Waals surface area contributed by atoms with E-state index in [1.165, 1.54) is 17.9 Å². The van der Waals surface area contributed by atoms with Gasteiger partial charge in [-0.25, -0.2) is 9.67 Å². The Morgan fingerprint density at radius 3 is 2.74 bits per heavy atom. The average Bonchev–Trinajstić information content (AvgIpc) is 2.51. The van der Waals surface area contributed by atoms with E-state index in [1.54, 1.807) is 12.3 Å². The van der Waals surface area contributed by atoms with Crippen LogP contribution in [0.15, 0.2) is 23.3 Å². The molecule has 0 fully saturated rings. The van der Waals surface area contributed by atoms with Crippen LogP contribution >= 0.6 is 23.2 Å². The number of nitrogens with one attached hydrogen (secondary N) is 1. The molecule has 2 rings (SSSR count). The largest absolute Gasteiger partial charge is 0.476 e. The number of ether oxygens (including phenoxy) is 1. The topological polar surface area (TPSA) is 69.0 Å². The zero-order chi connectivity index (χ0) is 17.0. The van der Waals surface area contributed by atoms with Gasteiger partial charge in [-0.3, -0.25) is 4.79 Å². The molecule has 0 spiro atoms. The summed E-state index contributed by atoms with van der Waals surface area (Å²) in [6.45, 7) is 5.06. The number of halogens is 2. The molecule has 2 aromatic rings. The third-order valence-electron chi connectivity index (χ3n) is 2.98. The summed E-state index contributed by atoms with van der Waals surface area (Å²) in [5.74, 6) is 0.807. The number of hydrogen-bond donors (Lipinski definition) is 1. The van der Waals surface area contributed by atoms with Gasteiger partial charge >= 0.3 is 0 Å². The van der Waals surface area contributed by atoms with Gasteiger partial charge in [0.1, 0.15) is 10.0 Å². The van der Waals surface area contributed by atoms with E-state index in [0.29, 0.717) is 35.7 Å². The van der Waals surface area contributed by atoms with Crippen molar-refractivity contribution in [3.05, 3.63) is 44.4 Å². The molecule has 6 nitrogen and oxygen atoms in total. The zero-order valence-electron chi connectivity index (χ0n) is 13.1. The van der Waals surface area contributed by atoms with Gasteiger partial charge in [-0.2, -0.15) is 5.10 Å². The normalized spacial score (nSPS) is 10.9. The standard InChI is InChI=1S/C15H18Cl2N4O2/c1-9(2)8-23-14-11(16)4-10(6-19-14)5-18-12-7-20-21(3)15(22)13(12)17/h4,6-7,9,18H,5,8H2,1-3H3. The number of anilines is 1. The third-order valence-corrected chi connectivity index (χ3v) is 3.61. The van der Waals surface area contributed by atoms with Crippen LogP contribution in [0.1, 0.15) is 19.4 Å². The van der Waals surface area contributed by atoms with Gasteiger partial charge in [0, 0.05) is 19.8 Å². The van der Waals surface area contributed by atoms with E-state index < -0.39 is 0 Å². The summed E-state index contributed by atoms with van der Waals surface area (Å²) in [6.07, 6.45) is 3.16. The molecular weight excluding hydrogens is 339 g/mol. The molecule has 0 unspecified atom stereocenters. The Hall–Kier alpha value is -1.79. The lowest BCUT2D eigenvalue weighted by Gasteiger charge is -2.11. The van der Waals surface area contributed by atoms with Gasteiger partial charge in [0.25, 0.3) is 5.56 Å². The molecule has 0 aromatic carbocycles. The molecule has 0 amide bonds. The van der Waals surface area contributed by atoms with Crippen LogP contribution in [-0.2, 0) is 13.6 Å². The Kier molecular flexibility index (Phi) is 5.85. The summed E-state index contributed by atoms with van der Waals surface area (Å²) >= 11 is 12.2. The molecule has 0 aliphatic carbocycles. The molecular formula is C15H18Cl2N4O2. The molecule has 124 valence electrons. The molecule has 0 saturated heterocycles. The number of nitrogens with zero attached hydrogens (tertiary/aromatic N) is 3. The van der Waals surface area contributed by atoms with Gasteiger partial charge in [-0.1, -0.05) is 37.0 Å². The van der Waals surface area contributed by atoms with Gasteiger partial charge in [-0.15, -0.1) is 0 Å². The van der Waals surface area contributed by atoms with Crippen LogP contribution < -0.4 is 15.6 Å². The Bertz CT molecular complexity index is 747. The Labute approximate surface area is 144 Å². The number of aromatic nitrogens is 3. The first-order valence-electron chi connectivity index (χ1n) is 7.11. The highest BCUT2D eigenvalue weighted by atomic mass is 35.5. The van der Waals surface area contributed by atoms with E-state index in [9.17, 15) is 4.79 Å². The highest BCUT2D eigenvalue weighted by Crippen LogP contribution is 2.24. The minimum absolute atomic E-state index is 0.0958. The molecule has 2 aromatic heterocycles. The lowest BCUT2D eigenvalue weighted by atomic mass is 10.2. The van der Waals surface area contributed by atoms with E-state index in [4.69, 9.17) is 27.9 Å². The van der Waals surface area contributed by atoms with Crippen LogP contribution in [0.4, 0.5) is 5.69 Å². The molecule has 2 heterocycles. The van der Waals surface area contributed by atoms with Crippen molar-refractivity contribution in [1.29, 1.82) is 0 Å². The molecule has 0 saturated carbocycles. The molecule has 8 heteroatoms. The Morgan fingerprint density at radius 1 is 1.35 bits per heavy atom. The molecule has 1 N–H and O–H groups in total. The monoisotopic (exact) mass is 356 g/mol. The lowest BCUT2D eigenvalue weighted by molar-refractivity contribution is 0.261. The van der Waals surface area contributed by atoms with Crippen LogP contribution in [0.3, 0.4) is 0 Å². The van der Waals surface area contributed by atoms with E-state index in [-0.39, 0.29) is 10.6 Å². The molecule has 0 aliphatic rings. The summed E-state index contributed by atoms with van der Waals surface area (Å²) in [4.78, 5) is 15.9. The molecule has 0 atom stereocenters. The number of rotatable bonds is 6. The van der Waals surface area contributed by atoms with Crippen molar-refractivity contribution in [1.82, 2.24) is 14.8 Å². The summed E-state index contributed by atoms with van der Waals surface area (Å²) in [6, 6.07) is 1.76. The fourth-order valence-electron chi connectivity index (χ4n) is 1.74. The fourth-order valence-corrected chi connectivity index (χ4v) is 2.23. The first kappa shape index (κ1) is 17.6. The van der Waals surface area contributed by atoms with Gasteiger partial charge in [0.05, 0.1) is 18.5 Å². The van der Waals surface area contributed by atoms with Gasteiger partial charge < -0.3 is 10.1 Å². The van der Waals surface area contributed by atoms with Crippen molar-refractivity contribution < 1.29 is 4.74 Å². The van der Waals surface area contributed by atoms with E-state index in [2.05, 4.69) is 15.4 Å². The summed E-state index contributed by atoms with van der Waals surface area (Å²) < 4.78 is 6.70. The van der Waals surface area contributed by atoms with Crippen molar-refractivity contribution in [3.63, 3.8) is 0 Å². The molecule has 0 radical (unpaired) electrons. The van der Waals surface area contributed by atoms with Gasteiger partial charge in [0.2, 0.25) is 5.88 Å². The summed E-state index contributed by atoms with van der Waals surface area (Å²) in [7, 11) is 1.54. The quantitative estimate of drug-likeness (QED) is 0.860. The second-order valence-electron chi connectivity index (χ2n) is 5.49. The van der Waals surface area contributed by atoms with E-state index in [0.717, 1.165) is 5.56 Å². The van der Waals surface area contributed by atoms with Crippen LogP contribution in [0.5, 0.6) is 5.88 Å². The van der Waals surface area contributed by atoms with Crippen molar-refractivity contribution in [2.75, 3.05) is 11.9 Å². The van der Waals surface area contributed by atoms with Gasteiger partial charge in [-0.05, 0) is 17.5 Å². The summed E-state index contributed by atoms with van der Waals surface area (Å²) in [5.41, 5.74) is 0.944. The van der Waals surface area contributed by atoms with Crippen LogP contribution in [-0.4, -0.2) is 21.4 Å². The second-order valence-corrected chi connectivity index (χ2v) is 6.28. The third kappa shape index (κ3) is 4.59. The maximum absolute atomic E-state index is 11.7. The number of pyridine rings is 1. The zero-order valence-corrected chi connectivity index (χ0v) is 14.6. The van der Waals surface area contributed by atoms with Crippen LogP contribution in [0, 0.1) is 5.92 Å². The fraction of sp³-hybridized carbons (Fsp3) is 0.400. The summed E-state index contributed by atoms with van der Waals surface area (Å²) in [5, 5.41) is 7.51. The van der Waals surface area contributed by atoms with Crippen molar-refractivity contribution in [2.45, 2.75) is 20.4 Å².